The molecule has 0 aliphatic carbocycles. The minimum Gasteiger partial charge on any atom is -0.314 e. The van der Waals surface area contributed by atoms with Gasteiger partial charge in [0.05, 0.1) is 11.3 Å². The minimum absolute atomic E-state index is 0.402. The van der Waals surface area contributed by atoms with Crippen LogP contribution in [0, 0.1) is 11.3 Å². The molecule has 21 heavy (non-hydrogen) atoms. The normalized spacial score (nSPS) is 10.1. The van der Waals surface area contributed by atoms with Gasteiger partial charge in [-0.3, -0.25) is 0 Å². The highest BCUT2D eigenvalue weighted by Gasteiger charge is 2.03. The molecule has 0 aliphatic heterocycles. The maximum Gasteiger partial charge on any atom is 0.323 e. The number of halogens is 1. The quantitative estimate of drug-likeness (QED) is 0.881. The zero-order valence-corrected chi connectivity index (χ0v) is 12.6. The van der Waals surface area contributed by atoms with Gasteiger partial charge in [0.1, 0.15) is 6.07 Å². The van der Waals surface area contributed by atoms with Gasteiger partial charge in [-0.15, -0.1) is 0 Å². The summed E-state index contributed by atoms with van der Waals surface area (Å²) in [4.78, 5) is 11.8. The lowest BCUT2D eigenvalue weighted by molar-refractivity contribution is 0.255. The van der Waals surface area contributed by atoms with E-state index in [-0.39, 0.29) is 0 Å². The summed E-state index contributed by atoms with van der Waals surface area (Å²) in [7, 11) is 0. The molecule has 0 saturated carbocycles. The Bertz CT molecular complexity index is 719. The van der Waals surface area contributed by atoms with E-state index in [0.717, 1.165) is 10.0 Å². The number of nitrogens with one attached hydrogen (secondary N) is 2. The molecule has 0 aliphatic rings. The van der Waals surface area contributed by atoms with Gasteiger partial charge >= 0.3 is 6.03 Å². The Kier molecular flexibility index (Phi) is 5.13. The highest BCUT2D eigenvalue weighted by Crippen LogP contribution is 2.17. The third-order valence-corrected chi connectivity index (χ3v) is 3.40. The SMILES string of the molecule is N#Cc1ccccc1NC(=O)N/C=C/c1ccccc1Br. The van der Waals surface area contributed by atoms with E-state index >= 15 is 0 Å². The van der Waals surface area contributed by atoms with Crippen molar-refractivity contribution in [1.29, 1.82) is 5.26 Å². The van der Waals surface area contributed by atoms with E-state index in [9.17, 15) is 4.79 Å². The van der Waals surface area contributed by atoms with Crippen molar-refractivity contribution in [2.45, 2.75) is 0 Å². The van der Waals surface area contributed by atoms with Gasteiger partial charge < -0.3 is 10.6 Å². The maximum absolute atomic E-state index is 11.8. The molecular formula is C16H12BrN3O. The molecule has 0 aromatic heterocycles. The first-order chi connectivity index (χ1) is 10.2. The van der Waals surface area contributed by atoms with Gasteiger partial charge in [-0.1, -0.05) is 46.3 Å². The number of nitriles is 1. The Morgan fingerprint density at radius 2 is 1.86 bits per heavy atom. The molecule has 4 nitrogen and oxygen atoms in total. The van der Waals surface area contributed by atoms with Crippen molar-refractivity contribution in [2.75, 3.05) is 5.32 Å². The second-order valence-electron chi connectivity index (χ2n) is 4.11. The van der Waals surface area contributed by atoms with E-state index in [0.29, 0.717) is 11.3 Å². The summed E-state index contributed by atoms with van der Waals surface area (Å²) in [5.41, 5.74) is 1.85. The van der Waals surface area contributed by atoms with E-state index < -0.39 is 6.03 Å². The fraction of sp³-hybridized carbons (Fsp3) is 0. The lowest BCUT2D eigenvalue weighted by Crippen LogP contribution is -2.24. The average molecular weight is 342 g/mol. The average Bonchev–Trinajstić information content (AvgIpc) is 2.50. The van der Waals surface area contributed by atoms with Gasteiger partial charge in [-0.25, -0.2) is 4.79 Å². The molecule has 0 atom stereocenters. The molecule has 0 fully saturated rings. The van der Waals surface area contributed by atoms with Gasteiger partial charge in [0, 0.05) is 10.7 Å². The lowest BCUT2D eigenvalue weighted by atomic mass is 10.2. The summed E-state index contributed by atoms with van der Waals surface area (Å²) < 4.78 is 0.943. The van der Waals surface area contributed by atoms with Crippen LogP contribution < -0.4 is 10.6 Å². The van der Waals surface area contributed by atoms with Gasteiger partial charge in [0.2, 0.25) is 0 Å². The molecular weight excluding hydrogens is 330 g/mol. The Hall–Kier alpha value is -2.58. The predicted octanol–water partition coefficient (Wildman–Crippen LogP) is 4.11. The van der Waals surface area contributed by atoms with E-state index in [4.69, 9.17) is 5.26 Å². The first-order valence-electron chi connectivity index (χ1n) is 6.18. The Morgan fingerprint density at radius 1 is 1.14 bits per heavy atom. The van der Waals surface area contributed by atoms with Crippen molar-refractivity contribution >= 4 is 33.7 Å². The van der Waals surface area contributed by atoms with E-state index in [1.165, 1.54) is 0 Å². The van der Waals surface area contributed by atoms with Crippen molar-refractivity contribution < 1.29 is 4.79 Å². The summed E-state index contributed by atoms with van der Waals surface area (Å²) in [5.74, 6) is 0. The van der Waals surface area contributed by atoms with Crippen LogP contribution in [-0.4, -0.2) is 6.03 Å². The molecule has 0 bridgehead atoms. The number of carbonyl (C=O) groups excluding carboxylic acids is 1. The number of hydrogen-bond donors (Lipinski definition) is 2. The van der Waals surface area contributed by atoms with Crippen molar-refractivity contribution in [3.05, 3.63) is 70.3 Å². The number of amides is 2. The van der Waals surface area contributed by atoms with Crippen LogP contribution in [-0.2, 0) is 0 Å². The summed E-state index contributed by atoms with van der Waals surface area (Å²) in [6.45, 7) is 0. The van der Waals surface area contributed by atoms with Crippen LogP contribution >= 0.6 is 15.9 Å². The Balaban J connectivity index is 1.97. The van der Waals surface area contributed by atoms with Gasteiger partial charge in [0.15, 0.2) is 0 Å². The molecule has 2 N–H and O–H groups in total. The number of nitrogens with zero attached hydrogens (tertiary/aromatic N) is 1. The fourth-order valence-corrected chi connectivity index (χ4v) is 2.08. The molecule has 2 aromatic carbocycles. The standard InChI is InChI=1S/C16H12BrN3O/c17-14-7-3-1-5-12(14)9-10-19-16(21)20-15-8-4-2-6-13(15)11-18/h1-10H,(H2,19,20,21)/b10-9+. The predicted molar refractivity (Wildman–Crippen MR) is 86.5 cm³/mol. The van der Waals surface area contributed by atoms with Crippen LogP contribution in [0.5, 0.6) is 0 Å². The molecule has 0 spiro atoms. The molecule has 0 radical (unpaired) electrons. The molecule has 104 valence electrons. The number of anilines is 1. The van der Waals surface area contributed by atoms with Crippen LogP contribution in [0.25, 0.3) is 6.08 Å². The third-order valence-electron chi connectivity index (χ3n) is 2.68. The molecule has 2 amide bonds. The second kappa shape index (κ2) is 7.27. The molecule has 2 aromatic rings. The van der Waals surface area contributed by atoms with Gasteiger partial charge in [-0.05, 0) is 29.8 Å². The van der Waals surface area contributed by atoms with E-state index in [2.05, 4.69) is 26.6 Å². The number of para-hydroxylation sites is 1. The smallest absolute Gasteiger partial charge is 0.314 e. The number of hydrogen-bond acceptors (Lipinski definition) is 2. The van der Waals surface area contributed by atoms with Crippen molar-refractivity contribution in [3.63, 3.8) is 0 Å². The topological polar surface area (TPSA) is 64.9 Å². The number of urea groups is 1. The fourth-order valence-electron chi connectivity index (χ4n) is 1.67. The van der Waals surface area contributed by atoms with Crippen LogP contribution in [0.1, 0.15) is 11.1 Å². The maximum atomic E-state index is 11.8. The molecule has 2 rings (SSSR count). The van der Waals surface area contributed by atoms with Gasteiger partial charge in [-0.2, -0.15) is 5.26 Å². The molecule has 0 unspecified atom stereocenters. The zero-order chi connectivity index (χ0) is 15.1. The summed E-state index contributed by atoms with van der Waals surface area (Å²) >= 11 is 3.42. The third kappa shape index (κ3) is 4.20. The highest BCUT2D eigenvalue weighted by atomic mass is 79.9. The summed E-state index contributed by atoms with van der Waals surface area (Å²) in [6.07, 6.45) is 3.32. The zero-order valence-electron chi connectivity index (χ0n) is 11.0. The summed E-state index contributed by atoms with van der Waals surface area (Å²) in [5, 5.41) is 14.2. The summed E-state index contributed by atoms with van der Waals surface area (Å²) in [6, 6.07) is 16.1. The van der Waals surface area contributed by atoms with Crippen molar-refractivity contribution in [1.82, 2.24) is 5.32 Å². The highest BCUT2D eigenvalue weighted by molar-refractivity contribution is 9.10. The number of benzene rings is 2. The Labute approximate surface area is 131 Å². The minimum atomic E-state index is -0.402. The Morgan fingerprint density at radius 3 is 2.62 bits per heavy atom. The number of rotatable bonds is 3. The molecule has 0 saturated heterocycles. The van der Waals surface area contributed by atoms with Crippen LogP contribution in [0.15, 0.2) is 59.2 Å². The van der Waals surface area contributed by atoms with E-state index in [1.54, 1.807) is 36.5 Å². The monoisotopic (exact) mass is 341 g/mol. The van der Waals surface area contributed by atoms with Gasteiger partial charge in [0.25, 0.3) is 0 Å². The van der Waals surface area contributed by atoms with Crippen molar-refractivity contribution in [2.24, 2.45) is 0 Å². The second-order valence-corrected chi connectivity index (χ2v) is 4.97. The van der Waals surface area contributed by atoms with E-state index in [1.807, 2.05) is 30.3 Å². The van der Waals surface area contributed by atoms with Crippen LogP contribution in [0.2, 0.25) is 0 Å². The van der Waals surface area contributed by atoms with Crippen molar-refractivity contribution in [3.8, 4) is 6.07 Å². The largest absolute Gasteiger partial charge is 0.323 e. The first-order valence-corrected chi connectivity index (χ1v) is 6.98. The van der Waals surface area contributed by atoms with Crippen LogP contribution in [0.4, 0.5) is 10.5 Å². The van der Waals surface area contributed by atoms with Crippen LogP contribution in [0.3, 0.4) is 0 Å². The molecule has 5 heteroatoms. The molecule has 0 heterocycles. The lowest BCUT2D eigenvalue weighted by Gasteiger charge is -2.06. The number of carbonyl (C=O) groups is 1. The first kappa shape index (κ1) is 14.8.